The van der Waals surface area contributed by atoms with Gasteiger partial charge in [0.1, 0.15) is 0 Å². The van der Waals surface area contributed by atoms with Gasteiger partial charge in [-0.1, -0.05) is 30.7 Å². The highest BCUT2D eigenvalue weighted by atomic mass is 35.5. The normalized spacial score (nSPS) is 11.0. The summed E-state index contributed by atoms with van der Waals surface area (Å²) in [4.78, 5) is 7.94. The first-order valence-corrected chi connectivity index (χ1v) is 7.98. The van der Waals surface area contributed by atoms with E-state index in [1.807, 2.05) is 18.3 Å². The highest BCUT2D eigenvalue weighted by molar-refractivity contribution is 7.15. The molecule has 1 N–H and O–H groups in total. The van der Waals surface area contributed by atoms with Crippen LogP contribution in [0.5, 0.6) is 0 Å². The van der Waals surface area contributed by atoms with Crippen molar-refractivity contribution in [2.45, 2.75) is 26.4 Å². The van der Waals surface area contributed by atoms with Gasteiger partial charge in [0.25, 0.3) is 0 Å². The summed E-state index contributed by atoms with van der Waals surface area (Å²) >= 11 is 7.62. The lowest BCUT2D eigenvalue weighted by Gasteiger charge is -2.15. The zero-order valence-corrected chi connectivity index (χ0v) is 13.5. The van der Waals surface area contributed by atoms with Crippen LogP contribution in [-0.2, 0) is 13.1 Å². The van der Waals surface area contributed by atoms with Crippen molar-refractivity contribution >= 4 is 28.1 Å². The number of thiazole rings is 1. The van der Waals surface area contributed by atoms with Crippen molar-refractivity contribution in [3.63, 3.8) is 0 Å². The Bertz CT molecular complexity index is 524. The van der Waals surface area contributed by atoms with Gasteiger partial charge in [0.05, 0.1) is 0 Å². The van der Waals surface area contributed by atoms with E-state index in [1.54, 1.807) is 11.3 Å². The van der Waals surface area contributed by atoms with E-state index in [4.69, 9.17) is 11.6 Å². The maximum absolute atomic E-state index is 5.90. The number of benzene rings is 1. The lowest BCUT2D eigenvalue weighted by Crippen LogP contribution is -2.16. The number of hydrogen-bond donors (Lipinski definition) is 1. The molecule has 0 fully saturated rings. The van der Waals surface area contributed by atoms with Gasteiger partial charge < -0.3 is 5.32 Å². The average molecular weight is 310 g/mol. The van der Waals surface area contributed by atoms with E-state index < -0.39 is 0 Å². The van der Waals surface area contributed by atoms with Crippen molar-refractivity contribution in [2.24, 2.45) is 0 Å². The van der Waals surface area contributed by atoms with Crippen LogP contribution in [0.4, 0.5) is 5.13 Å². The minimum absolute atomic E-state index is 0.783. The molecule has 20 heavy (non-hydrogen) atoms. The molecule has 0 aliphatic heterocycles. The molecule has 0 amide bonds. The number of nitrogens with zero attached hydrogens (tertiary/aromatic N) is 2. The Balaban J connectivity index is 1.86. The summed E-state index contributed by atoms with van der Waals surface area (Å²) in [6, 6.07) is 8.01. The minimum atomic E-state index is 0.783. The van der Waals surface area contributed by atoms with Crippen LogP contribution in [-0.4, -0.2) is 23.5 Å². The smallest absolute Gasteiger partial charge is 0.182 e. The first-order chi connectivity index (χ1) is 9.67. The third-order valence-corrected chi connectivity index (χ3v) is 4.06. The largest absolute Gasteiger partial charge is 0.362 e. The van der Waals surface area contributed by atoms with Crippen LogP contribution >= 0.6 is 22.9 Å². The zero-order valence-electron chi connectivity index (χ0n) is 11.9. The molecule has 0 bridgehead atoms. The van der Waals surface area contributed by atoms with Crippen LogP contribution in [0.15, 0.2) is 30.5 Å². The van der Waals surface area contributed by atoms with Crippen LogP contribution in [0.3, 0.4) is 0 Å². The quantitative estimate of drug-likeness (QED) is 0.828. The molecule has 2 rings (SSSR count). The fraction of sp³-hybridized carbons (Fsp3) is 0.400. The molecule has 0 spiro atoms. The van der Waals surface area contributed by atoms with Crippen molar-refractivity contribution in [3.05, 3.63) is 45.9 Å². The summed E-state index contributed by atoms with van der Waals surface area (Å²) in [5, 5.41) is 5.12. The van der Waals surface area contributed by atoms with Gasteiger partial charge in [0.15, 0.2) is 5.13 Å². The molecule has 1 aromatic heterocycles. The summed E-state index contributed by atoms with van der Waals surface area (Å²) in [5.41, 5.74) is 1.27. The van der Waals surface area contributed by atoms with E-state index in [1.165, 1.54) is 10.4 Å². The number of anilines is 1. The number of hydrogen-bond acceptors (Lipinski definition) is 4. The summed E-state index contributed by atoms with van der Waals surface area (Å²) in [5.74, 6) is 0. The second-order valence-electron chi connectivity index (χ2n) is 4.86. The van der Waals surface area contributed by atoms with Crippen molar-refractivity contribution in [1.82, 2.24) is 9.88 Å². The van der Waals surface area contributed by atoms with Gasteiger partial charge in [-0.25, -0.2) is 4.98 Å². The second kappa shape index (κ2) is 7.62. The highest BCUT2D eigenvalue weighted by Gasteiger charge is 2.06. The summed E-state index contributed by atoms with van der Waals surface area (Å²) < 4.78 is 0. The summed E-state index contributed by atoms with van der Waals surface area (Å²) in [7, 11) is 2.12. The lowest BCUT2D eigenvalue weighted by molar-refractivity contribution is 0.322. The number of aromatic nitrogens is 1. The van der Waals surface area contributed by atoms with Crippen LogP contribution in [0, 0.1) is 0 Å². The molecule has 1 heterocycles. The monoisotopic (exact) mass is 309 g/mol. The van der Waals surface area contributed by atoms with Crippen LogP contribution in [0.2, 0.25) is 5.02 Å². The van der Waals surface area contributed by atoms with E-state index >= 15 is 0 Å². The fourth-order valence-corrected chi connectivity index (χ4v) is 2.96. The number of halogens is 1. The van der Waals surface area contributed by atoms with Crippen LogP contribution < -0.4 is 5.32 Å². The van der Waals surface area contributed by atoms with Gasteiger partial charge in [-0.2, -0.15) is 0 Å². The van der Waals surface area contributed by atoms with Gasteiger partial charge in [-0.15, -0.1) is 11.3 Å². The van der Waals surface area contributed by atoms with Crippen LogP contribution in [0.1, 0.15) is 23.8 Å². The molecule has 0 radical (unpaired) electrons. The Morgan fingerprint density at radius 3 is 2.70 bits per heavy atom. The van der Waals surface area contributed by atoms with E-state index in [0.29, 0.717) is 0 Å². The standard InChI is InChI=1S/C15H20ClN3S/c1-3-8-17-15-18-9-14(20-15)11-19(2)10-12-4-6-13(16)7-5-12/h4-7,9H,3,8,10-11H2,1-2H3,(H,17,18). The molecule has 0 atom stereocenters. The van der Waals surface area contributed by atoms with E-state index in [-0.39, 0.29) is 0 Å². The molecule has 108 valence electrons. The summed E-state index contributed by atoms with van der Waals surface area (Å²) in [6.45, 7) is 4.95. The number of nitrogens with one attached hydrogen (secondary N) is 1. The molecule has 0 aliphatic carbocycles. The predicted octanol–water partition coefficient (Wildman–Crippen LogP) is 4.25. The fourth-order valence-electron chi connectivity index (χ4n) is 1.92. The molecule has 0 unspecified atom stereocenters. The predicted molar refractivity (Wildman–Crippen MR) is 87.5 cm³/mol. The van der Waals surface area contributed by atoms with Crippen molar-refractivity contribution in [2.75, 3.05) is 18.9 Å². The average Bonchev–Trinajstić information content (AvgIpc) is 2.86. The van der Waals surface area contributed by atoms with Gasteiger partial charge in [-0.05, 0) is 31.2 Å². The Hall–Kier alpha value is -1.10. The minimum Gasteiger partial charge on any atom is -0.362 e. The molecule has 0 saturated heterocycles. The molecule has 0 aliphatic rings. The van der Waals surface area contributed by atoms with Gasteiger partial charge >= 0.3 is 0 Å². The molecule has 0 saturated carbocycles. The zero-order chi connectivity index (χ0) is 14.4. The lowest BCUT2D eigenvalue weighted by atomic mass is 10.2. The Morgan fingerprint density at radius 2 is 2.00 bits per heavy atom. The van der Waals surface area contributed by atoms with E-state index in [9.17, 15) is 0 Å². The first kappa shape index (κ1) is 15.3. The Kier molecular flexibility index (Phi) is 5.83. The maximum Gasteiger partial charge on any atom is 0.182 e. The van der Waals surface area contributed by atoms with Gasteiger partial charge in [-0.3, -0.25) is 4.90 Å². The van der Waals surface area contributed by atoms with Gasteiger partial charge in [0, 0.05) is 35.7 Å². The molecule has 2 aromatic rings. The van der Waals surface area contributed by atoms with E-state index in [2.05, 4.69) is 41.3 Å². The highest BCUT2D eigenvalue weighted by Crippen LogP contribution is 2.20. The molecule has 5 heteroatoms. The molecule has 3 nitrogen and oxygen atoms in total. The SMILES string of the molecule is CCCNc1ncc(CN(C)Cc2ccc(Cl)cc2)s1. The van der Waals surface area contributed by atoms with Crippen molar-refractivity contribution in [3.8, 4) is 0 Å². The topological polar surface area (TPSA) is 28.2 Å². The maximum atomic E-state index is 5.90. The first-order valence-electron chi connectivity index (χ1n) is 6.79. The van der Waals surface area contributed by atoms with Crippen molar-refractivity contribution in [1.29, 1.82) is 0 Å². The third kappa shape index (κ3) is 4.78. The molecular formula is C15H20ClN3S. The Morgan fingerprint density at radius 1 is 1.25 bits per heavy atom. The number of rotatable bonds is 7. The van der Waals surface area contributed by atoms with Gasteiger partial charge in [0.2, 0.25) is 0 Å². The summed E-state index contributed by atoms with van der Waals surface area (Å²) in [6.07, 6.45) is 3.08. The third-order valence-electron chi connectivity index (χ3n) is 2.87. The van der Waals surface area contributed by atoms with Crippen LogP contribution in [0.25, 0.3) is 0 Å². The second-order valence-corrected chi connectivity index (χ2v) is 6.41. The Labute approximate surface area is 129 Å². The molecule has 1 aromatic carbocycles. The van der Waals surface area contributed by atoms with E-state index in [0.717, 1.165) is 36.2 Å². The van der Waals surface area contributed by atoms with Crippen molar-refractivity contribution < 1.29 is 0 Å². The molecular weight excluding hydrogens is 290 g/mol.